The summed E-state index contributed by atoms with van der Waals surface area (Å²) in [5.74, 6) is -1.35. The number of hydrogen-bond acceptors (Lipinski definition) is 5. The van der Waals surface area contributed by atoms with Gasteiger partial charge in [-0.15, -0.1) is 0 Å². The van der Waals surface area contributed by atoms with Crippen molar-refractivity contribution in [2.75, 3.05) is 5.32 Å². The standard InChI is InChI=1S/C25H30N2O5/c1-16(26-23(30)19-9-7-6-8-10-19)15-21(28)32-17(2)22(29)18-11-13-20(14-12-18)27-24(31)25(3,4)5/h6-14,16-17H,15H2,1-5H3,(H,26,30)(H,27,31). The van der Waals surface area contributed by atoms with Crippen molar-refractivity contribution in [3.05, 3.63) is 65.7 Å². The van der Waals surface area contributed by atoms with Gasteiger partial charge in [-0.1, -0.05) is 39.0 Å². The van der Waals surface area contributed by atoms with Crippen LogP contribution in [0.2, 0.25) is 0 Å². The highest BCUT2D eigenvalue weighted by Gasteiger charge is 2.23. The van der Waals surface area contributed by atoms with Crippen molar-refractivity contribution in [2.24, 2.45) is 5.41 Å². The maximum absolute atomic E-state index is 12.6. The summed E-state index contributed by atoms with van der Waals surface area (Å²) in [5, 5.41) is 5.52. The Morgan fingerprint density at radius 1 is 0.875 bits per heavy atom. The van der Waals surface area contributed by atoms with Crippen LogP contribution in [0.1, 0.15) is 61.8 Å². The lowest BCUT2D eigenvalue weighted by Gasteiger charge is -2.18. The maximum Gasteiger partial charge on any atom is 0.308 e. The molecule has 0 aliphatic rings. The summed E-state index contributed by atoms with van der Waals surface area (Å²) < 4.78 is 5.25. The van der Waals surface area contributed by atoms with Gasteiger partial charge in [0, 0.05) is 28.3 Å². The smallest absolute Gasteiger partial charge is 0.308 e. The second kappa shape index (κ2) is 10.7. The average molecular weight is 439 g/mol. The second-order valence-corrected chi connectivity index (χ2v) is 8.72. The number of amides is 2. The molecule has 2 aromatic rings. The summed E-state index contributed by atoms with van der Waals surface area (Å²) in [7, 11) is 0. The Kier molecular flexibility index (Phi) is 8.29. The van der Waals surface area contributed by atoms with Crippen LogP contribution in [0.5, 0.6) is 0 Å². The Labute approximate surface area is 188 Å². The number of anilines is 1. The fourth-order valence-electron chi connectivity index (χ4n) is 2.77. The molecule has 2 atom stereocenters. The summed E-state index contributed by atoms with van der Waals surface area (Å²) in [6, 6.07) is 14.6. The van der Waals surface area contributed by atoms with E-state index in [0.717, 1.165) is 0 Å². The molecule has 2 rings (SSSR count). The van der Waals surface area contributed by atoms with Gasteiger partial charge < -0.3 is 15.4 Å². The summed E-state index contributed by atoms with van der Waals surface area (Å²) in [6.45, 7) is 8.63. The van der Waals surface area contributed by atoms with E-state index in [1.165, 1.54) is 6.92 Å². The van der Waals surface area contributed by atoms with Gasteiger partial charge >= 0.3 is 5.97 Å². The van der Waals surface area contributed by atoms with Crippen LogP contribution in [0.15, 0.2) is 54.6 Å². The minimum absolute atomic E-state index is 0.0615. The van der Waals surface area contributed by atoms with Gasteiger partial charge in [0.15, 0.2) is 6.10 Å². The molecular formula is C25H30N2O5. The van der Waals surface area contributed by atoms with Crippen LogP contribution in [-0.4, -0.2) is 35.7 Å². The minimum atomic E-state index is -0.977. The van der Waals surface area contributed by atoms with Crippen LogP contribution in [-0.2, 0) is 14.3 Å². The number of hydrogen-bond donors (Lipinski definition) is 2. The molecule has 170 valence electrons. The summed E-state index contributed by atoms with van der Waals surface area (Å²) >= 11 is 0. The predicted octanol–water partition coefficient (Wildman–Crippen LogP) is 3.99. The first-order valence-electron chi connectivity index (χ1n) is 10.5. The third-order valence-electron chi connectivity index (χ3n) is 4.67. The molecule has 0 saturated heterocycles. The second-order valence-electron chi connectivity index (χ2n) is 8.72. The largest absolute Gasteiger partial charge is 0.454 e. The van der Waals surface area contributed by atoms with Gasteiger partial charge in [-0.25, -0.2) is 0 Å². The van der Waals surface area contributed by atoms with Crippen LogP contribution in [0.25, 0.3) is 0 Å². The summed E-state index contributed by atoms with van der Waals surface area (Å²) in [5.41, 5.74) is 0.909. The molecule has 0 saturated carbocycles. The molecule has 2 N–H and O–H groups in total. The van der Waals surface area contributed by atoms with Gasteiger partial charge in [0.1, 0.15) is 0 Å². The van der Waals surface area contributed by atoms with Crippen molar-refractivity contribution < 1.29 is 23.9 Å². The van der Waals surface area contributed by atoms with Crippen molar-refractivity contribution in [1.29, 1.82) is 0 Å². The number of carbonyl (C=O) groups is 4. The molecule has 2 amide bonds. The van der Waals surface area contributed by atoms with E-state index in [0.29, 0.717) is 16.8 Å². The van der Waals surface area contributed by atoms with Crippen LogP contribution in [0, 0.1) is 5.41 Å². The van der Waals surface area contributed by atoms with E-state index < -0.39 is 23.5 Å². The van der Waals surface area contributed by atoms with Crippen LogP contribution in [0.3, 0.4) is 0 Å². The normalized spacial score (nSPS) is 12.9. The zero-order valence-electron chi connectivity index (χ0n) is 19.1. The fourth-order valence-corrected chi connectivity index (χ4v) is 2.77. The number of nitrogens with one attached hydrogen (secondary N) is 2. The monoisotopic (exact) mass is 438 g/mol. The molecule has 0 aliphatic carbocycles. The van der Waals surface area contributed by atoms with Crippen molar-refractivity contribution in [2.45, 2.75) is 53.2 Å². The van der Waals surface area contributed by atoms with Crippen molar-refractivity contribution in [3.63, 3.8) is 0 Å². The van der Waals surface area contributed by atoms with E-state index in [-0.39, 0.29) is 24.0 Å². The first-order valence-corrected chi connectivity index (χ1v) is 10.5. The molecule has 32 heavy (non-hydrogen) atoms. The Morgan fingerprint density at radius 2 is 1.47 bits per heavy atom. The Hall–Kier alpha value is -3.48. The first kappa shape index (κ1) is 24.8. The number of ether oxygens (including phenoxy) is 1. The van der Waals surface area contributed by atoms with Crippen LogP contribution < -0.4 is 10.6 Å². The average Bonchev–Trinajstić information content (AvgIpc) is 2.73. The SMILES string of the molecule is CC(CC(=O)OC(C)C(=O)c1ccc(NC(=O)C(C)(C)C)cc1)NC(=O)c1ccccc1. The molecule has 2 aromatic carbocycles. The minimum Gasteiger partial charge on any atom is -0.454 e. The zero-order chi connectivity index (χ0) is 23.9. The van der Waals surface area contributed by atoms with Gasteiger partial charge in [0.05, 0.1) is 6.42 Å². The van der Waals surface area contributed by atoms with Gasteiger partial charge in [-0.2, -0.15) is 0 Å². The maximum atomic E-state index is 12.6. The van der Waals surface area contributed by atoms with E-state index in [9.17, 15) is 19.2 Å². The Bertz CT molecular complexity index is 962. The third-order valence-corrected chi connectivity index (χ3v) is 4.67. The lowest BCUT2D eigenvalue weighted by atomic mass is 9.95. The van der Waals surface area contributed by atoms with Crippen molar-refractivity contribution in [1.82, 2.24) is 5.32 Å². The lowest BCUT2D eigenvalue weighted by molar-refractivity contribution is -0.146. The molecular weight excluding hydrogens is 408 g/mol. The highest BCUT2D eigenvalue weighted by molar-refractivity contribution is 6.01. The van der Waals surface area contributed by atoms with E-state index in [1.54, 1.807) is 55.5 Å². The van der Waals surface area contributed by atoms with Crippen LogP contribution in [0.4, 0.5) is 5.69 Å². The molecule has 0 radical (unpaired) electrons. The van der Waals surface area contributed by atoms with Gasteiger partial charge in [0.2, 0.25) is 11.7 Å². The van der Waals surface area contributed by atoms with Gasteiger partial charge in [0.25, 0.3) is 5.91 Å². The van der Waals surface area contributed by atoms with E-state index in [2.05, 4.69) is 10.6 Å². The zero-order valence-corrected chi connectivity index (χ0v) is 19.1. The van der Waals surface area contributed by atoms with Gasteiger partial charge in [-0.3, -0.25) is 19.2 Å². The molecule has 0 fully saturated rings. The highest BCUT2D eigenvalue weighted by Crippen LogP contribution is 2.18. The van der Waals surface area contributed by atoms with E-state index >= 15 is 0 Å². The predicted molar refractivity (Wildman–Crippen MR) is 122 cm³/mol. The fraction of sp³-hybridized carbons (Fsp3) is 0.360. The number of carbonyl (C=O) groups excluding carboxylic acids is 4. The number of Topliss-reactive ketones (excluding diaryl/α,β-unsaturated/α-hetero) is 1. The summed E-state index contributed by atoms with van der Waals surface area (Å²) in [6.07, 6.45) is -1.04. The highest BCUT2D eigenvalue weighted by atomic mass is 16.5. The lowest BCUT2D eigenvalue weighted by Crippen LogP contribution is -2.35. The van der Waals surface area contributed by atoms with E-state index in [4.69, 9.17) is 4.74 Å². The molecule has 0 bridgehead atoms. The molecule has 7 heteroatoms. The number of benzene rings is 2. The molecule has 0 aromatic heterocycles. The Morgan fingerprint density at radius 3 is 2.03 bits per heavy atom. The van der Waals surface area contributed by atoms with E-state index in [1.807, 2.05) is 26.8 Å². The molecule has 2 unspecified atom stereocenters. The van der Waals surface area contributed by atoms with Gasteiger partial charge in [-0.05, 0) is 50.2 Å². The Balaban J connectivity index is 1.86. The number of rotatable bonds is 8. The van der Waals surface area contributed by atoms with Crippen molar-refractivity contribution >= 4 is 29.3 Å². The quantitative estimate of drug-likeness (QED) is 0.479. The molecule has 0 heterocycles. The van der Waals surface area contributed by atoms with Crippen LogP contribution >= 0.6 is 0 Å². The summed E-state index contributed by atoms with van der Waals surface area (Å²) in [4.78, 5) is 49.0. The third kappa shape index (κ3) is 7.34. The number of esters is 1. The molecule has 0 spiro atoms. The number of ketones is 1. The molecule has 0 aliphatic heterocycles. The van der Waals surface area contributed by atoms with Crippen molar-refractivity contribution in [3.8, 4) is 0 Å². The first-order chi connectivity index (χ1) is 15.0. The molecule has 7 nitrogen and oxygen atoms in total. The topological polar surface area (TPSA) is 102 Å².